The third-order valence-electron chi connectivity index (χ3n) is 8.43. The predicted octanol–water partition coefficient (Wildman–Crippen LogP) is 4.06. The molecule has 8 nitrogen and oxygen atoms in total. The minimum absolute atomic E-state index is 0.0883. The number of carbonyl (C=O) groups is 3. The molecule has 1 aromatic heterocycles. The number of nitrogens with one attached hydrogen (secondary N) is 1. The number of nitrogens with zero attached hydrogens (tertiary/aromatic N) is 3. The number of halogens is 2. The predicted molar refractivity (Wildman–Crippen MR) is 141 cm³/mol. The maximum atomic E-state index is 14.1. The van der Waals surface area contributed by atoms with Gasteiger partial charge in [-0.2, -0.15) is 0 Å². The van der Waals surface area contributed by atoms with Crippen molar-refractivity contribution < 1.29 is 18.8 Å². The standard InChI is InChI=1S/C27H39ClFN5O3/c1-3-22(17-6-4-7-18(28)14-17)32-27(37)34-24(26(36)33(2)20-9-5-8-19(29)15-20)21(25(34)35)12-16-10-11-31-23(30)13-16/h10-11,13,17-22,24H,3-9,12,14-15H2,1-2H3,(H2,30,31)(H,32,37)/t17?,18?,19?,20?,21?,22-,24+/m1/s1. The number of imide groups is 1. The molecule has 2 aliphatic carbocycles. The van der Waals surface area contributed by atoms with Crippen LogP contribution < -0.4 is 11.1 Å². The summed E-state index contributed by atoms with van der Waals surface area (Å²) in [6, 6.07) is 1.56. The van der Waals surface area contributed by atoms with Gasteiger partial charge in [-0.15, -0.1) is 11.6 Å². The Hall–Kier alpha value is -2.42. The summed E-state index contributed by atoms with van der Waals surface area (Å²) in [5.74, 6) is -0.856. The normalized spacial score (nSPS) is 30.8. The number of rotatable bonds is 7. The van der Waals surface area contributed by atoms with E-state index in [0.29, 0.717) is 31.5 Å². The fourth-order valence-corrected chi connectivity index (χ4v) is 6.67. The second kappa shape index (κ2) is 12.0. The van der Waals surface area contributed by atoms with Gasteiger partial charge in [0.1, 0.15) is 18.0 Å². The molecule has 3 aliphatic rings. The molecule has 0 spiro atoms. The molecule has 204 valence electrons. The van der Waals surface area contributed by atoms with Crippen LogP contribution >= 0.6 is 11.6 Å². The van der Waals surface area contributed by atoms with Gasteiger partial charge in [0, 0.05) is 30.7 Å². The van der Waals surface area contributed by atoms with Gasteiger partial charge in [-0.1, -0.05) is 13.3 Å². The molecule has 1 aromatic rings. The number of aromatic nitrogens is 1. The van der Waals surface area contributed by atoms with Gasteiger partial charge in [-0.05, 0) is 81.4 Å². The van der Waals surface area contributed by atoms with Crippen molar-refractivity contribution in [3.8, 4) is 0 Å². The van der Waals surface area contributed by atoms with Gasteiger partial charge < -0.3 is 16.0 Å². The average molecular weight is 536 g/mol. The summed E-state index contributed by atoms with van der Waals surface area (Å²) in [5.41, 5.74) is 6.59. The number of urea groups is 1. The SMILES string of the molecule is CC[C@@H](NC(=O)N1C(=O)C(Cc2ccnc(N)c2)[C@H]1C(=O)N(C)C1CCCC(F)C1)C1CCCC(Cl)C1. The van der Waals surface area contributed by atoms with E-state index >= 15 is 0 Å². The topological polar surface area (TPSA) is 109 Å². The van der Waals surface area contributed by atoms with Gasteiger partial charge in [0.25, 0.3) is 0 Å². The second-order valence-corrected chi connectivity index (χ2v) is 11.5. The van der Waals surface area contributed by atoms with Crippen LogP contribution in [0.3, 0.4) is 0 Å². The van der Waals surface area contributed by atoms with Gasteiger partial charge in [0.2, 0.25) is 11.8 Å². The number of hydrogen-bond donors (Lipinski definition) is 2. The van der Waals surface area contributed by atoms with Crippen LogP contribution in [0.4, 0.5) is 15.0 Å². The first-order chi connectivity index (χ1) is 17.7. The van der Waals surface area contributed by atoms with Crippen molar-refractivity contribution in [1.29, 1.82) is 0 Å². The van der Waals surface area contributed by atoms with Crippen LogP contribution in [0.5, 0.6) is 0 Å². The van der Waals surface area contributed by atoms with Crippen molar-refractivity contribution in [2.45, 2.75) is 101 Å². The highest BCUT2D eigenvalue weighted by Gasteiger charge is 2.56. The zero-order chi connectivity index (χ0) is 26.7. The number of nitrogens with two attached hydrogens (primary N) is 1. The first kappa shape index (κ1) is 27.6. The van der Waals surface area contributed by atoms with Crippen LogP contribution in [0.25, 0.3) is 0 Å². The van der Waals surface area contributed by atoms with Gasteiger partial charge in [0.05, 0.1) is 5.92 Å². The zero-order valence-electron chi connectivity index (χ0n) is 21.7. The molecule has 1 aliphatic heterocycles. The smallest absolute Gasteiger partial charge is 0.325 e. The first-order valence-electron chi connectivity index (χ1n) is 13.6. The van der Waals surface area contributed by atoms with Gasteiger partial charge in [-0.3, -0.25) is 14.5 Å². The van der Waals surface area contributed by atoms with Crippen LogP contribution in [-0.2, 0) is 16.0 Å². The largest absolute Gasteiger partial charge is 0.384 e. The molecule has 7 atom stereocenters. The van der Waals surface area contributed by atoms with E-state index in [4.69, 9.17) is 17.3 Å². The summed E-state index contributed by atoms with van der Waals surface area (Å²) in [7, 11) is 1.66. The maximum Gasteiger partial charge on any atom is 0.325 e. The number of pyridine rings is 1. The summed E-state index contributed by atoms with van der Waals surface area (Å²) in [6.07, 6.45) is 7.55. The Morgan fingerprint density at radius 2 is 2.03 bits per heavy atom. The third-order valence-corrected chi connectivity index (χ3v) is 8.83. The number of nitrogen functional groups attached to an aromatic ring is 1. The van der Waals surface area contributed by atoms with Crippen molar-refractivity contribution >= 4 is 35.3 Å². The van der Waals surface area contributed by atoms with Crippen molar-refractivity contribution in [2.75, 3.05) is 12.8 Å². The molecule has 2 heterocycles. The highest BCUT2D eigenvalue weighted by atomic mass is 35.5. The number of anilines is 1. The Morgan fingerprint density at radius 3 is 2.70 bits per heavy atom. The maximum absolute atomic E-state index is 14.1. The van der Waals surface area contributed by atoms with Gasteiger partial charge in [0.15, 0.2) is 0 Å². The minimum atomic E-state index is -0.948. The highest BCUT2D eigenvalue weighted by molar-refractivity contribution is 6.20. The molecule has 2 saturated carbocycles. The number of carbonyl (C=O) groups excluding carboxylic acids is 3. The van der Waals surface area contributed by atoms with Gasteiger partial charge >= 0.3 is 6.03 Å². The van der Waals surface area contributed by atoms with E-state index in [1.165, 1.54) is 0 Å². The van der Waals surface area contributed by atoms with Crippen molar-refractivity contribution in [2.24, 2.45) is 11.8 Å². The lowest BCUT2D eigenvalue weighted by Gasteiger charge is -2.47. The third kappa shape index (κ3) is 6.19. The Morgan fingerprint density at radius 1 is 1.27 bits per heavy atom. The number of likely N-dealkylation sites (tertiary alicyclic amines) is 1. The molecule has 10 heteroatoms. The molecule has 0 aromatic carbocycles. The molecule has 4 rings (SSSR count). The summed E-state index contributed by atoms with van der Waals surface area (Å²) >= 11 is 6.40. The van der Waals surface area contributed by atoms with Crippen LogP contribution in [0.1, 0.15) is 70.3 Å². The number of alkyl halides is 2. The summed E-state index contributed by atoms with van der Waals surface area (Å²) in [4.78, 5) is 47.1. The van der Waals surface area contributed by atoms with E-state index < -0.39 is 24.2 Å². The molecule has 4 amide bonds. The monoisotopic (exact) mass is 535 g/mol. The molecular formula is C27H39ClFN5O3. The lowest BCUT2D eigenvalue weighted by Crippen LogP contribution is -2.71. The summed E-state index contributed by atoms with van der Waals surface area (Å²) < 4.78 is 14.1. The number of hydrogen-bond acceptors (Lipinski definition) is 5. The van der Waals surface area contributed by atoms with Crippen LogP contribution in [0, 0.1) is 11.8 Å². The number of β-lactam (4-membered cyclic amide) rings is 1. The van der Waals surface area contributed by atoms with E-state index in [9.17, 15) is 18.8 Å². The van der Waals surface area contributed by atoms with E-state index in [2.05, 4.69) is 10.3 Å². The summed E-state index contributed by atoms with van der Waals surface area (Å²) in [6.45, 7) is 2.00. The highest BCUT2D eigenvalue weighted by Crippen LogP contribution is 2.35. The van der Waals surface area contributed by atoms with Crippen molar-refractivity contribution in [1.82, 2.24) is 20.1 Å². The van der Waals surface area contributed by atoms with Gasteiger partial charge in [-0.25, -0.2) is 14.2 Å². The molecule has 3 fully saturated rings. The van der Waals surface area contributed by atoms with Crippen molar-refractivity contribution in [3.05, 3.63) is 23.9 Å². The van der Waals surface area contributed by atoms with Crippen LogP contribution in [0.2, 0.25) is 0 Å². The van der Waals surface area contributed by atoms with E-state index in [1.807, 2.05) is 6.92 Å². The Bertz CT molecular complexity index is 997. The van der Waals surface area contributed by atoms with Crippen LogP contribution in [0.15, 0.2) is 18.3 Å². The van der Waals surface area contributed by atoms with Crippen molar-refractivity contribution in [3.63, 3.8) is 0 Å². The fourth-order valence-electron chi connectivity index (χ4n) is 6.29. The Labute approximate surface area is 223 Å². The summed E-state index contributed by atoms with van der Waals surface area (Å²) in [5, 5.41) is 3.13. The minimum Gasteiger partial charge on any atom is -0.384 e. The number of amides is 4. The molecular weight excluding hydrogens is 497 g/mol. The molecule has 0 bridgehead atoms. The first-order valence-corrected chi connectivity index (χ1v) is 14.0. The van der Waals surface area contributed by atoms with E-state index in [1.54, 1.807) is 30.3 Å². The molecule has 5 unspecified atom stereocenters. The zero-order valence-corrected chi connectivity index (χ0v) is 22.5. The molecule has 0 radical (unpaired) electrons. The number of likely N-dealkylation sites (N-methyl/N-ethyl adjacent to an activating group) is 1. The second-order valence-electron chi connectivity index (χ2n) is 10.9. The Balaban J connectivity index is 1.53. The van der Waals surface area contributed by atoms with Crippen LogP contribution in [-0.4, -0.2) is 69.4 Å². The molecule has 3 N–H and O–H groups in total. The molecule has 37 heavy (non-hydrogen) atoms. The Kier molecular flexibility index (Phi) is 8.93. The average Bonchev–Trinajstić information content (AvgIpc) is 2.87. The quantitative estimate of drug-likeness (QED) is 0.404. The fraction of sp³-hybridized carbons (Fsp3) is 0.704. The lowest BCUT2D eigenvalue weighted by atomic mass is 9.80. The van der Waals surface area contributed by atoms with E-state index in [0.717, 1.165) is 36.1 Å². The van der Waals surface area contributed by atoms with E-state index in [-0.39, 0.29) is 48.0 Å². The molecule has 1 saturated heterocycles. The lowest BCUT2D eigenvalue weighted by molar-refractivity contribution is -0.163.